The van der Waals surface area contributed by atoms with Crippen LogP contribution in [0, 0.1) is 19.7 Å². The van der Waals surface area contributed by atoms with Crippen molar-refractivity contribution in [3.05, 3.63) is 98.1 Å². The van der Waals surface area contributed by atoms with Crippen molar-refractivity contribution >= 4 is 15.9 Å². The highest BCUT2D eigenvalue weighted by atomic mass is 79.9. The lowest BCUT2D eigenvalue weighted by Crippen LogP contribution is -2.24. The molecule has 0 amide bonds. The van der Waals surface area contributed by atoms with Crippen LogP contribution in [-0.4, -0.2) is 19.5 Å². The number of aromatic nitrogens is 4. The molecule has 6 nitrogen and oxygen atoms in total. The number of hydrogen-bond acceptors (Lipinski definition) is 5. The van der Waals surface area contributed by atoms with Crippen molar-refractivity contribution in [3.8, 4) is 22.8 Å². The molecule has 174 valence electrons. The molecule has 0 aliphatic carbocycles. The zero-order chi connectivity index (χ0) is 24.4. The first kappa shape index (κ1) is 23.8. The SMILES string of the molecule is Cc1ccc(-c2ccnc(C(C)C)n2)cc1-n1c(C)nc(OCc2ccc(F)cc2)c(Br)c1=O. The van der Waals surface area contributed by atoms with Crippen LogP contribution in [0.1, 0.15) is 42.5 Å². The summed E-state index contributed by atoms with van der Waals surface area (Å²) in [5, 5.41) is 0. The minimum Gasteiger partial charge on any atom is -0.472 e. The van der Waals surface area contributed by atoms with Crippen LogP contribution < -0.4 is 10.3 Å². The Morgan fingerprint density at radius 3 is 2.50 bits per heavy atom. The van der Waals surface area contributed by atoms with Crippen LogP contribution in [0.2, 0.25) is 0 Å². The predicted octanol–water partition coefficient (Wildman–Crippen LogP) is 5.91. The standard InChI is InChI=1S/C26H24BrFN4O2/c1-15(2)24-29-12-11-21(31-24)19-8-5-16(3)22(13-19)32-17(4)30-25(23(27)26(32)33)34-14-18-6-9-20(28)10-7-18/h5-13,15H,14H2,1-4H3. The van der Waals surface area contributed by atoms with Gasteiger partial charge >= 0.3 is 0 Å². The van der Waals surface area contributed by atoms with E-state index in [9.17, 15) is 9.18 Å². The van der Waals surface area contributed by atoms with Crippen molar-refractivity contribution in [2.75, 3.05) is 0 Å². The van der Waals surface area contributed by atoms with Crippen LogP contribution in [0.5, 0.6) is 5.88 Å². The molecule has 2 aromatic heterocycles. The molecule has 0 unspecified atom stereocenters. The molecule has 0 spiro atoms. The summed E-state index contributed by atoms with van der Waals surface area (Å²) in [6.07, 6.45) is 1.75. The maximum Gasteiger partial charge on any atom is 0.276 e. The molecule has 0 aliphatic heterocycles. The third-order valence-electron chi connectivity index (χ3n) is 5.39. The maximum absolute atomic E-state index is 13.3. The number of ether oxygens (including phenoxy) is 1. The molecule has 0 saturated carbocycles. The summed E-state index contributed by atoms with van der Waals surface area (Å²) in [5.74, 6) is 1.32. The molecule has 0 atom stereocenters. The minimum atomic E-state index is -0.318. The Labute approximate surface area is 205 Å². The fourth-order valence-corrected chi connectivity index (χ4v) is 3.90. The van der Waals surface area contributed by atoms with Crippen molar-refractivity contribution in [1.29, 1.82) is 0 Å². The molecule has 8 heteroatoms. The summed E-state index contributed by atoms with van der Waals surface area (Å²) in [7, 11) is 0. The molecule has 2 aromatic carbocycles. The van der Waals surface area contributed by atoms with Gasteiger partial charge in [0.05, 0.1) is 11.4 Å². The number of halogens is 2. The number of rotatable bonds is 6. The van der Waals surface area contributed by atoms with Crippen LogP contribution in [0.25, 0.3) is 16.9 Å². The molecule has 0 fully saturated rings. The summed E-state index contributed by atoms with van der Waals surface area (Å²) < 4.78 is 20.7. The van der Waals surface area contributed by atoms with Crippen molar-refractivity contribution < 1.29 is 9.13 Å². The second-order valence-corrected chi connectivity index (χ2v) is 9.08. The van der Waals surface area contributed by atoms with Crippen LogP contribution in [-0.2, 0) is 6.61 Å². The highest BCUT2D eigenvalue weighted by molar-refractivity contribution is 9.10. The van der Waals surface area contributed by atoms with E-state index in [1.807, 2.05) is 45.0 Å². The Bertz CT molecular complexity index is 1400. The second kappa shape index (κ2) is 9.85. The van der Waals surface area contributed by atoms with E-state index < -0.39 is 0 Å². The molecule has 0 radical (unpaired) electrons. The molecule has 2 heterocycles. The summed E-state index contributed by atoms with van der Waals surface area (Å²) in [4.78, 5) is 26.9. The zero-order valence-electron chi connectivity index (χ0n) is 19.3. The predicted molar refractivity (Wildman–Crippen MR) is 133 cm³/mol. The molecule has 0 N–H and O–H groups in total. The van der Waals surface area contributed by atoms with Crippen LogP contribution in [0.4, 0.5) is 4.39 Å². The van der Waals surface area contributed by atoms with Gasteiger partial charge in [0, 0.05) is 17.7 Å². The second-order valence-electron chi connectivity index (χ2n) is 8.29. The zero-order valence-corrected chi connectivity index (χ0v) is 20.9. The van der Waals surface area contributed by atoms with Gasteiger partial charge in [-0.1, -0.05) is 38.1 Å². The third kappa shape index (κ3) is 4.92. The number of benzene rings is 2. The van der Waals surface area contributed by atoms with Gasteiger partial charge in [-0.3, -0.25) is 9.36 Å². The summed E-state index contributed by atoms with van der Waals surface area (Å²) in [6.45, 7) is 7.95. The largest absolute Gasteiger partial charge is 0.472 e. The van der Waals surface area contributed by atoms with Crippen molar-refractivity contribution in [2.45, 2.75) is 40.2 Å². The van der Waals surface area contributed by atoms with Gasteiger partial charge in [0.15, 0.2) is 0 Å². The van der Waals surface area contributed by atoms with E-state index in [0.29, 0.717) is 11.5 Å². The molecular formula is C26H24BrFN4O2. The summed E-state index contributed by atoms with van der Waals surface area (Å²) >= 11 is 3.36. The van der Waals surface area contributed by atoms with Crippen LogP contribution >= 0.6 is 15.9 Å². The topological polar surface area (TPSA) is 69.9 Å². The van der Waals surface area contributed by atoms with Gasteiger partial charge in [-0.05, 0) is 65.2 Å². The molecular weight excluding hydrogens is 499 g/mol. The molecule has 34 heavy (non-hydrogen) atoms. The fraction of sp³-hybridized carbons (Fsp3) is 0.231. The Morgan fingerprint density at radius 2 is 1.79 bits per heavy atom. The van der Waals surface area contributed by atoms with E-state index in [1.165, 1.54) is 12.1 Å². The van der Waals surface area contributed by atoms with E-state index in [-0.39, 0.29) is 34.3 Å². The average molecular weight is 523 g/mol. The molecule has 0 aliphatic rings. The first-order valence-corrected chi connectivity index (χ1v) is 11.6. The Morgan fingerprint density at radius 1 is 1.06 bits per heavy atom. The van der Waals surface area contributed by atoms with Crippen molar-refractivity contribution in [2.24, 2.45) is 0 Å². The monoisotopic (exact) mass is 522 g/mol. The number of hydrogen-bond donors (Lipinski definition) is 0. The minimum absolute atomic E-state index is 0.162. The van der Waals surface area contributed by atoms with Gasteiger partial charge in [-0.25, -0.2) is 14.4 Å². The van der Waals surface area contributed by atoms with E-state index in [4.69, 9.17) is 4.74 Å². The normalized spacial score (nSPS) is 11.1. The molecule has 0 bridgehead atoms. The van der Waals surface area contributed by atoms with Crippen LogP contribution in [0.15, 0.2) is 64.0 Å². The highest BCUT2D eigenvalue weighted by Crippen LogP contribution is 2.26. The lowest BCUT2D eigenvalue weighted by Gasteiger charge is -2.16. The fourth-order valence-electron chi connectivity index (χ4n) is 3.52. The van der Waals surface area contributed by atoms with E-state index in [1.54, 1.807) is 29.8 Å². The first-order valence-electron chi connectivity index (χ1n) is 10.9. The Kier molecular flexibility index (Phi) is 6.88. The van der Waals surface area contributed by atoms with Crippen LogP contribution in [0.3, 0.4) is 0 Å². The smallest absolute Gasteiger partial charge is 0.276 e. The van der Waals surface area contributed by atoms with Gasteiger partial charge in [-0.2, -0.15) is 4.98 Å². The summed E-state index contributed by atoms with van der Waals surface area (Å²) in [6, 6.07) is 13.7. The third-order valence-corrected chi connectivity index (χ3v) is 6.07. The van der Waals surface area contributed by atoms with Gasteiger partial charge in [0.2, 0.25) is 5.88 Å². The van der Waals surface area contributed by atoms with Crippen molar-refractivity contribution in [1.82, 2.24) is 19.5 Å². The Balaban J connectivity index is 1.71. The molecule has 4 rings (SSSR count). The maximum atomic E-state index is 13.3. The van der Waals surface area contributed by atoms with Gasteiger partial charge in [0.25, 0.3) is 5.56 Å². The molecule has 4 aromatic rings. The highest BCUT2D eigenvalue weighted by Gasteiger charge is 2.17. The van der Waals surface area contributed by atoms with E-state index in [2.05, 4.69) is 30.9 Å². The average Bonchev–Trinajstić information content (AvgIpc) is 2.82. The Hall–Kier alpha value is -3.39. The van der Waals surface area contributed by atoms with Gasteiger partial charge in [0.1, 0.15) is 28.5 Å². The quantitative estimate of drug-likeness (QED) is 0.314. The van der Waals surface area contributed by atoms with Gasteiger partial charge in [-0.15, -0.1) is 0 Å². The number of aryl methyl sites for hydroxylation is 2. The van der Waals surface area contributed by atoms with Gasteiger partial charge < -0.3 is 4.74 Å². The lowest BCUT2D eigenvalue weighted by molar-refractivity contribution is 0.289. The number of nitrogens with zero attached hydrogens (tertiary/aromatic N) is 4. The lowest BCUT2D eigenvalue weighted by atomic mass is 10.1. The summed E-state index contributed by atoms with van der Waals surface area (Å²) in [5.41, 5.74) is 3.78. The van der Waals surface area contributed by atoms with E-state index >= 15 is 0 Å². The van der Waals surface area contributed by atoms with E-state index in [0.717, 1.165) is 28.2 Å². The molecule has 0 saturated heterocycles. The first-order chi connectivity index (χ1) is 16.2. The van der Waals surface area contributed by atoms with Crippen molar-refractivity contribution in [3.63, 3.8) is 0 Å².